The zero-order valence-corrected chi connectivity index (χ0v) is 28.8. The molecule has 1 saturated heterocycles. The van der Waals surface area contributed by atoms with Crippen LogP contribution in [0, 0.1) is 11.8 Å². The van der Waals surface area contributed by atoms with Crippen LogP contribution < -0.4 is 10.6 Å². The summed E-state index contributed by atoms with van der Waals surface area (Å²) in [5.74, 6) is -1.41. The molecule has 48 heavy (non-hydrogen) atoms. The van der Waals surface area contributed by atoms with Crippen molar-refractivity contribution in [2.75, 3.05) is 13.2 Å². The summed E-state index contributed by atoms with van der Waals surface area (Å²) in [5.41, 5.74) is -0.864. The number of nitrogens with zero attached hydrogens (tertiary/aromatic N) is 1. The summed E-state index contributed by atoms with van der Waals surface area (Å²) in [6, 6.07) is 12.4. The molecule has 1 heterocycles. The Morgan fingerprint density at radius 1 is 1.06 bits per heavy atom. The number of likely N-dealkylation sites (tertiary alicyclic amines) is 1. The van der Waals surface area contributed by atoms with Gasteiger partial charge in [0.15, 0.2) is 0 Å². The van der Waals surface area contributed by atoms with Gasteiger partial charge < -0.3 is 29.7 Å². The van der Waals surface area contributed by atoms with Gasteiger partial charge in [-0.2, -0.15) is 0 Å². The lowest BCUT2D eigenvalue weighted by atomic mass is 9.83. The predicted molar refractivity (Wildman–Crippen MR) is 183 cm³/mol. The van der Waals surface area contributed by atoms with Gasteiger partial charge >= 0.3 is 12.1 Å². The van der Waals surface area contributed by atoms with Crippen molar-refractivity contribution in [3.05, 3.63) is 60.7 Å². The van der Waals surface area contributed by atoms with Gasteiger partial charge in [-0.15, -0.1) is 0 Å². The van der Waals surface area contributed by atoms with E-state index in [0.717, 1.165) is 48.4 Å². The van der Waals surface area contributed by atoms with Crippen molar-refractivity contribution in [1.82, 2.24) is 15.5 Å². The molecule has 1 aliphatic heterocycles. The first kappa shape index (κ1) is 35.4. The molecule has 5 rings (SSSR count). The van der Waals surface area contributed by atoms with Crippen molar-refractivity contribution < 1.29 is 33.4 Å². The van der Waals surface area contributed by atoms with E-state index in [1.807, 2.05) is 31.2 Å². The number of carbonyl (C=O) groups is 4. The van der Waals surface area contributed by atoms with Crippen molar-refractivity contribution in [2.24, 2.45) is 11.8 Å². The Bertz CT molecular complexity index is 1490. The molecule has 0 bridgehead atoms. The topological polar surface area (TPSA) is 123 Å². The van der Waals surface area contributed by atoms with Crippen LogP contribution in [0.2, 0.25) is 0 Å². The molecule has 3 aliphatic rings. The highest BCUT2D eigenvalue weighted by Crippen LogP contribution is 2.47. The van der Waals surface area contributed by atoms with Crippen molar-refractivity contribution in [1.29, 1.82) is 0 Å². The molecule has 3 amide bonds. The normalized spacial score (nSPS) is 24.8. The van der Waals surface area contributed by atoms with Crippen LogP contribution in [0.25, 0.3) is 10.8 Å². The first-order chi connectivity index (χ1) is 23.0. The number of carbonyl (C=O) groups excluding carboxylic acids is 4. The molecule has 2 aromatic carbocycles. The van der Waals surface area contributed by atoms with Crippen molar-refractivity contribution in [2.45, 2.75) is 115 Å². The summed E-state index contributed by atoms with van der Waals surface area (Å²) in [7, 11) is 0. The quantitative estimate of drug-likeness (QED) is 0.217. The molecule has 2 saturated carbocycles. The summed E-state index contributed by atoms with van der Waals surface area (Å²) in [6.45, 7) is 11.5. The van der Waals surface area contributed by atoms with Crippen LogP contribution in [0.5, 0.6) is 0 Å². The second-order valence-electron chi connectivity index (χ2n) is 14.5. The molecule has 2 N–H and O–H groups in total. The minimum absolute atomic E-state index is 0.0460. The molecule has 1 unspecified atom stereocenters. The van der Waals surface area contributed by atoms with E-state index < -0.39 is 47.3 Å². The fraction of sp³-hybridized carbons (Fsp3) is 0.579. The largest absolute Gasteiger partial charge is 0.460 e. The monoisotopic (exact) mass is 661 g/mol. The minimum atomic E-state index is -1.14. The van der Waals surface area contributed by atoms with Gasteiger partial charge in [0.1, 0.15) is 29.8 Å². The van der Waals surface area contributed by atoms with Crippen molar-refractivity contribution in [3.63, 3.8) is 0 Å². The van der Waals surface area contributed by atoms with Crippen LogP contribution >= 0.6 is 0 Å². The predicted octanol–water partition coefficient (Wildman–Crippen LogP) is 5.81. The van der Waals surface area contributed by atoms with Gasteiger partial charge in [-0.25, -0.2) is 9.59 Å². The second-order valence-corrected chi connectivity index (χ2v) is 14.5. The van der Waals surface area contributed by atoms with E-state index in [0.29, 0.717) is 19.4 Å². The van der Waals surface area contributed by atoms with E-state index in [2.05, 4.69) is 35.4 Å². The lowest BCUT2D eigenvalue weighted by Gasteiger charge is -2.35. The minimum Gasteiger partial charge on any atom is -0.460 e. The number of benzene rings is 2. The van der Waals surface area contributed by atoms with E-state index in [9.17, 15) is 19.2 Å². The van der Waals surface area contributed by atoms with Gasteiger partial charge in [0, 0.05) is 13.0 Å². The van der Waals surface area contributed by atoms with Crippen LogP contribution in [0.3, 0.4) is 0 Å². The molecule has 0 aromatic heterocycles. The van der Waals surface area contributed by atoms with Gasteiger partial charge in [-0.05, 0) is 68.2 Å². The Kier molecular flexibility index (Phi) is 11.1. The zero-order valence-electron chi connectivity index (χ0n) is 28.8. The maximum Gasteiger partial charge on any atom is 0.408 e. The highest BCUT2D eigenvalue weighted by molar-refractivity contribution is 5.96. The Hall–Kier alpha value is -3.92. The zero-order chi connectivity index (χ0) is 34.5. The number of ether oxygens (including phenoxy) is 3. The van der Waals surface area contributed by atoms with Crippen LogP contribution in [-0.2, 0) is 35.2 Å². The maximum absolute atomic E-state index is 14.5. The molecule has 2 aromatic rings. The number of rotatable bonds is 12. The number of esters is 1. The molecule has 0 radical (unpaired) electrons. The van der Waals surface area contributed by atoms with Gasteiger partial charge in [0.05, 0.1) is 12.7 Å². The van der Waals surface area contributed by atoms with E-state index in [4.69, 9.17) is 14.2 Å². The Balaban J connectivity index is 1.40. The third-order valence-corrected chi connectivity index (χ3v) is 9.90. The smallest absolute Gasteiger partial charge is 0.408 e. The number of amides is 3. The third kappa shape index (κ3) is 8.20. The van der Waals surface area contributed by atoms with E-state index >= 15 is 0 Å². The van der Waals surface area contributed by atoms with Crippen LogP contribution in [0.1, 0.15) is 84.6 Å². The van der Waals surface area contributed by atoms with Crippen molar-refractivity contribution >= 4 is 34.6 Å². The molecule has 3 fully saturated rings. The molecular formula is C38H51N3O7. The van der Waals surface area contributed by atoms with Gasteiger partial charge in [-0.3, -0.25) is 9.59 Å². The summed E-state index contributed by atoms with van der Waals surface area (Å²) >= 11 is 0. The fourth-order valence-electron chi connectivity index (χ4n) is 7.34. The Labute approximate surface area is 283 Å². The molecule has 260 valence electrons. The van der Waals surface area contributed by atoms with E-state index in [1.54, 1.807) is 25.7 Å². The first-order valence-corrected chi connectivity index (χ1v) is 17.4. The highest BCUT2D eigenvalue weighted by Gasteiger charge is 2.62. The third-order valence-electron chi connectivity index (χ3n) is 9.90. The summed E-state index contributed by atoms with van der Waals surface area (Å²) < 4.78 is 17.4. The lowest BCUT2D eigenvalue weighted by molar-refractivity contribution is -0.150. The summed E-state index contributed by atoms with van der Waals surface area (Å²) in [4.78, 5) is 56.4. The molecule has 5 atom stereocenters. The van der Waals surface area contributed by atoms with Crippen LogP contribution in [0.15, 0.2) is 55.1 Å². The standard InChI is InChI=1S/C38H51N3O7/c1-6-20-46-35(44)38(22-28(38)7-2)40-33(42)31-21-29(47-24-27-18-13-17-25-14-11-12-19-30(25)27)23-41(31)34(43)32(26-15-9-8-10-16-26)39-36(45)48-37(3,4)5/h6,11-14,17-19,26,28-29,31-32H,1,7-10,15-16,20-24H2,2-5H3,(H,39,45)(H,40,42)/t28-,29+,31-,32?,38+/m0/s1. The number of fused-ring (bicyclic) bond motifs is 1. The van der Waals surface area contributed by atoms with E-state index in [1.165, 1.54) is 6.08 Å². The summed E-state index contributed by atoms with van der Waals surface area (Å²) in [6.07, 6.45) is 6.36. The molecule has 10 nitrogen and oxygen atoms in total. The van der Waals surface area contributed by atoms with E-state index in [-0.39, 0.29) is 37.3 Å². The SMILES string of the molecule is C=CCOC(=O)[C@@]1(NC(=O)[C@@H]2C[C@@H](OCc3cccc4ccccc34)CN2C(=O)C(NC(=O)OC(C)(C)C)C2CCCCC2)C[C@@H]1CC. The first-order valence-electron chi connectivity index (χ1n) is 17.4. The highest BCUT2D eigenvalue weighted by atomic mass is 16.6. The van der Waals surface area contributed by atoms with Gasteiger partial charge in [0.2, 0.25) is 11.8 Å². The van der Waals surface area contributed by atoms with Gasteiger partial charge in [-0.1, -0.05) is 87.7 Å². The van der Waals surface area contributed by atoms with Crippen LogP contribution in [-0.4, -0.2) is 71.3 Å². The molecule has 2 aliphatic carbocycles. The fourth-order valence-corrected chi connectivity index (χ4v) is 7.34. The van der Waals surface area contributed by atoms with Crippen molar-refractivity contribution in [3.8, 4) is 0 Å². The Morgan fingerprint density at radius 2 is 1.79 bits per heavy atom. The van der Waals surface area contributed by atoms with Crippen LogP contribution in [0.4, 0.5) is 4.79 Å². The van der Waals surface area contributed by atoms with Gasteiger partial charge in [0.25, 0.3) is 0 Å². The average molecular weight is 662 g/mol. The molecule has 10 heteroatoms. The second kappa shape index (κ2) is 15.1. The summed E-state index contributed by atoms with van der Waals surface area (Å²) in [5, 5.41) is 8.07. The number of hydrogen-bond acceptors (Lipinski definition) is 7. The Morgan fingerprint density at radius 3 is 2.48 bits per heavy atom. The number of hydrogen-bond donors (Lipinski definition) is 2. The number of nitrogens with one attached hydrogen (secondary N) is 2. The number of alkyl carbamates (subject to hydrolysis) is 1. The average Bonchev–Trinajstić information content (AvgIpc) is 3.61. The maximum atomic E-state index is 14.5. The molecule has 0 spiro atoms. The lowest BCUT2D eigenvalue weighted by Crippen LogP contribution is -2.58. The molecular weight excluding hydrogens is 610 g/mol.